The highest BCUT2D eigenvalue weighted by Crippen LogP contribution is 2.60. The average molecular weight is 355 g/mol. The number of aryl methyl sites for hydroxylation is 1. The largest absolute Gasteiger partial charge is 0.351 e. The molecule has 2 unspecified atom stereocenters. The van der Waals surface area contributed by atoms with Gasteiger partial charge in [-0.15, -0.1) is 10.2 Å². The fourth-order valence-electron chi connectivity index (χ4n) is 6.17. The summed E-state index contributed by atoms with van der Waals surface area (Å²) < 4.78 is 1.88. The van der Waals surface area contributed by atoms with Crippen molar-refractivity contribution in [1.82, 2.24) is 35.3 Å². The van der Waals surface area contributed by atoms with E-state index in [1.807, 2.05) is 21.7 Å². The third-order valence-corrected chi connectivity index (χ3v) is 6.56. The number of aromatic nitrogens is 6. The van der Waals surface area contributed by atoms with E-state index >= 15 is 0 Å². The van der Waals surface area contributed by atoms with E-state index < -0.39 is 0 Å². The molecule has 2 heterocycles. The molecular formula is C18H25N7O. The van der Waals surface area contributed by atoms with Gasteiger partial charge < -0.3 is 5.32 Å². The van der Waals surface area contributed by atoms with Gasteiger partial charge in [-0.3, -0.25) is 9.48 Å². The lowest BCUT2D eigenvalue weighted by atomic mass is 9.50. The molecule has 1 amide bonds. The second kappa shape index (κ2) is 5.89. The van der Waals surface area contributed by atoms with Gasteiger partial charge in [-0.25, -0.2) is 0 Å². The number of hydrogen-bond acceptors (Lipinski definition) is 5. The molecule has 4 bridgehead atoms. The molecule has 0 saturated heterocycles. The molecule has 0 aromatic carbocycles. The summed E-state index contributed by atoms with van der Waals surface area (Å²) in [6, 6.07) is 1.91. The topological polar surface area (TPSA) is 90.5 Å². The molecule has 0 aliphatic heterocycles. The number of nitrogens with one attached hydrogen (secondary N) is 1. The number of carbonyl (C=O) groups excluding carboxylic acids is 1. The first-order chi connectivity index (χ1) is 12.6. The summed E-state index contributed by atoms with van der Waals surface area (Å²) in [7, 11) is 0. The standard InChI is InChI=1S/C18H25N7O/c26-16(3-1-5-24-6-2-4-20-24)22-17-8-14-7-15(9-17)11-18(10-14,12-17)25-21-13-19-23-25/h2,4,6,13-15H,1,3,5,7-12H2,(H,22,26). The Morgan fingerprint density at radius 1 is 1.19 bits per heavy atom. The van der Waals surface area contributed by atoms with Crippen LogP contribution in [0.5, 0.6) is 0 Å². The van der Waals surface area contributed by atoms with Crippen LogP contribution in [0.1, 0.15) is 51.4 Å². The number of rotatable bonds is 6. The molecule has 26 heavy (non-hydrogen) atoms. The van der Waals surface area contributed by atoms with Crippen LogP contribution in [0, 0.1) is 11.8 Å². The van der Waals surface area contributed by atoms with Crippen molar-refractivity contribution in [2.75, 3.05) is 0 Å². The fourth-order valence-corrected chi connectivity index (χ4v) is 6.17. The minimum absolute atomic E-state index is 0.0527. The molecule has 4 fully saturated rings. The molecule has 2 aromatic heterocycles. The van der Waals surface area contributed by atoms with Gasteiger partial charge in [0.05, 0.1) is 5.54 Å². The Morgan fingerprint density at radius 3 is 2.73 bits per heavy atom. The van der Waals surface area contributed by atoms with E-state index in [2.05, 4.69) is 25.8 Å². The van der Waals surface area contributed by atoms with Gasteiger partial charge in [0, 0.05) is 30.9 Å². The molecule has 1 N–H and O–H groups in total. The highest BCUT2D eigenvalue weighted by Gasteiger charge is 2.60. The molecule has 6 rings (SSSR count). The van der Waals surface area contributed by atoms with Crippen LogP contribution in [0.2, 0.25) is 0 Å². The first kappa shape index (κ1) is 16.0. The van der Waals surface area contributed by atoms with Gasteiger partial charge in [-0.05, 0) is 68.1 Å². The molecule has 4 aliphatic rings. The van der Waals surface area contributed by atoms with E-state index in [0.29, 0.717) is 18.3 Å². The molecule has 0 spiro atoms. The minimum Gasteiger partial charge on any atom is -0.351 e. The summed E-state index contributed by atoms with van der Waals surface area (Å²) in [5.41, 5.74) is -0.135. The van der Waals surface area contributed by atoms with E-state index in [1.165, 1.54) is 12.7 Å². The van der Waals surface area contributed by atoms with Gasteiger partial charge in [-0.2, -0.15) is 9.90 Å². The highest BCUT2D eigenvalue weighted by molar-refractivity contribution is 5.76. The van der Waals surface area contributed by atoms with Gasteiger partial charge in [0.1, 0.15) is 0 Å². The minimum atomic E-state index is -0.0828. The van der Waals surface area contributed by atoms with Crippen LogP contribution in [0.4, 0.5) is 0 Å². The van der Waals surface area contributed by atoms with Gasteiger partial charge in [0.15, 0.2) is 6.33 Å². The van der Waals surface area contributed by atoms with E-state index in [4.69, 9.17) is 0 Å². The van der Waals surface area contributed by atoms with E-state index in [0.717, 1.165) is 45.1 Å². The smallest absolute Gasteiger partial charge is 0.220 e. The summed E-state index contributed by atoms with van der Waals surface area (Å²) in [5, 5.41) is 20.2. The molecule has 8 nitrogen and oxygen atoms in total. The maximum atomic E-state index is 12.7. The third kappa shape index (κ3) is 2.71. The summed E-state index contributed by atoms with van der Waals surface area (Å²) in [6.07, 6.45) is 13.3. The third-order valence-electron chi connectivity index (χ3n) is 6.56. The average Bonchev–Trinajstić information content (AvgIpc) is 3.27. The maximum absolute atomic E-state index is 12.7. The van der Waals surface area contributed by atoms with Crippen molar-refractivity contribution in [3.8, 4) is 0 Å². The Kier molecular flexibility index (Phi) is 3.62. The quantitative estimate of drug-likeness (QED) is 0.848. The molecule has 4 aliphatic carbocycles. The summed E-state index contributed by atoms with van der Waals surface area (Å²) in [4.78, 5) is 14.5. The van der Waals surface area contributed by atoms with Crippen LogP contribution < -0.4 is 5.32 Å². The van der Waals surface area contributed by atoms with Crippen molar-refractivity contribution in [2.24, 2.45) is 11.8 Å². The Labute approximate surface area is 152 Å². The second-order valence-corrected chi connectivity index (χ2v) is 8.61. The monoisotopic (exact) mass is 355 g/mol. The Hall–Kier alpha value is -2.25. The van der Waals surface area contributed by atoms with Crippen LogP contribution in [0.15, 0.2) is 24.8 Å². The van der Waals surface area contributed by atoms with Crippen molar-refractivity contribution in [3.63, 3.8) is 0 Å². The van der Waals surface area contributed by atoms with Crippen LogP contribution in [0.3, 0.4) is 0 Å². The lowest BCUT2D eigenvalue weighted by Crippen LogP contribution is -2.66. The molecule has 0 radical (unpaired) electrons. The van der Waals surface area contributed by atoms with E-state index in [1.54, 1.807) is 6.20 Å². The number of amides is 1. The van der Waals surface area contributed by atoms with Crippen molar-refractivity contribution < 1.29 is 4.79 Å². The number of hydrogen-bond donors (Lipinski definition) is 1. The molecule has 4 saturated carbocycles. The van der Waals surface area contributed by atoms with Crippen LogP contribution >= 0.6 is 0 Å². The predicted molar refractivity (Wildman–Crippen MR) is 92.8 cm³/mol. The molecule has 8 heteroatoms. The Morgan fingerprint density at radius 2 is 2.04 bits per heavy atom. The second-order valence-electron chi connectivity index (χ2n) is 8.61. The van der Waals surface area contributed by atoms with Crippen LogP contribution in [-0.4, -0.2) is 41.4 Å². The van der Waals surface area contributed by atoms with Crippen molar-refractivity contribution >= 4 is 5.91 Å². The molecular weight excluding hydrogens is 330 g/mol. The molecule has 138 valence electrons. The summed E-state index contributed by atoms with van der Waals surface area (Å²) >= 11 is 0. The summed E-state index contributed by atoms with van der Waals surface area (Å²) in [6.45, 7) is 0.783. The lowest BCUT2D eigenvalue weighted by molar-refractivity contribution is -0.131. The maximum Gasteiger partial charge on any atom is 0.220 e. The Balaban J connectivity index is 1.27. The lowest BCUT2D eigenvalue weighted by Gasteiger charge is -2.61. The first-order valence-corrected chi connectivity index (χ1v) is 9.67. The SMILES string of the molecule is O=C(CCCn1cccn1)NC12CC3CC(C1)CC(n1ncnn1)(C3)C2. The van der Waals surface area contributed by atoms with Gasteiger partial charge in [-0.1, -0.05) is 0 Å². The first-order valence-electron chi connectivity index (χ1n) is 9.67. The van der Waals surface area contributed by atoms with Crippen molar-refractivity contribution in [3.05, 3.63) is 24.8 Å². The zero-order chi connectivity index (χ0) is 17.6. The van der Waals surface area contributed by atoms with Crippen LogP contribution in [-0.2, 0) is 16.9 Å². The van der Waals surface area contributed by atoms with Gasteiger partial charge >= 0.3 is 0 Å². The molecule has 2 aromatic rings. The normalized spacial score (nSPS) is 34.9. The fraction of sp³-hybridized carbons (Fsp3) is 0.722. The molecule has 2 atom stereocenters. The number of nitrogens with zero attached hydrogens (tertiary/aromatic N) is 6. The summed E-state index contributed by atoms with van der Waals surface area (Å²) in [5.74, 6) is 1.49. The van der Waals surface area contributed by atoms with E-state index in [9.17, 15) is 4.79 Å². The number of tetrazole rings is 1. The van der Waals surface area contributed by atoms with Crippen molar-refractivity contribution in [2.45, 2.75) is 69.0 Å². The van der Waals surface area contributed by atoms with Gasteiger partial charge in [0.25, 0.3) is 0 Å². The van der Waals surface area contributed by atoms with Gasteiger partial charge in [0.2, 0.25) is 5.91 Å². The van der Waals surface area contributed by atoms with Crippen molar-refractivity contribution in [1.29, 1.82) is 0 Å². The zero-order valence-electron chi connectivity index (χ0n) is 14.9. The Bertz CT molecular complexity index is 756. The zero-order valence-corrected chi connectivity index (χ0v) is 14.9. The van der Waals surface area contributed by atoms with Crippen LogP contribution in [0.25, 0.3) is 0 Å². The highest BCUT2D eigenvalue weighted by atomic mass is 16.1. The number of carbonyl (C=O) groups is 1. The van der Waals surface area contributed by atoms with E-state index in [-0.39, 0.29) is 17.0 Å². The predicted octanol–water partition coefficient (Wildman–Crippen LogP) is 1.51.